The van der Waals surface area contributed by atoms with Crippen LogP contribution in [0.3, 0.4) is 0 Å². The normalized spacial score (nSPS) is 9.67. The molecule has 0 unspecified atom stereocenters. The van der Waals surface area contributed by atoms with E-state index in [2.05, 4.69) is 13.0 Å². The molecule has 0 saturated carbocycles. The van der Waals surface area contributed by atoms with Crippen LogP contribution in [0.5, 0.6) is 5.75 Å². The zero-order valence-electron chi connectivity index (χ0n) is 8.79. The number of halogens is 1. The van der Waals surface area contributed by atoms with Gasteiger partial charge in [0.25, 0.3) is 0 Å². The van der Waals surface area contributed by atoms with E-state index in [1.165, 1.54) is 0 Å². The maximum Gasteiger partial charge on any atom is 0.137 e. The van der Waals surface area contributed by atoms with Crippen molar-refractivity contribution in [3.8, 4) is 11.8 Å². The summed E-state index contributed by atoms with van der Waals surface area (Å²) in [4.78, 5) is 0. The predicted molar refractivity (Wildman–Crippen MR) is 61.2 cm³/mol. The highest BCUT2D eigenvalue weighted by Gasteiger charge is 2.02. The number of unbranched alkanes of at least 4 members (excludes halogenated alkanes) is 1. The standard InChI is InChI=1S/C12H14ClNO/c1-2-3-8-15-12-5-4-10(6-7-14)9-11(12)13/h4-5,9H,2-3,6,8H2,1H3. The van der Waals surface area contributed by atoms with Crippen molar-refractivity contribution >= 4 is 11.6 Å². The summed E-state index contributed by atoms with van der Waals surface area (Å²) in [5, 5.41) is 9.11. The average molecular weight is 224 g/mol. The summed E-state index contributed by atoms with van der Waals surface area (Å²) < 4.78 is 5.50. The minimum Gasteiger partial charge on any atom is -0.492 e. The van der Waals surface area contributed by atoms with Crippen LogP contribution in [-0.4, -0.2) is 6.61 Å². The quantitative estimate of drug-likeness (QED) is 0.715. The molecular weight excluding hydrogens is 210 g/mol. The number of hydrogen-bond acceptors (Lipinski definition) is 2. The maximum absolute atomic E-state index is 8.53. The van der Waals surface area contributed by atoms with Crippen molar-refractivity contribution in [2.24, 2.45) is 0 Å². The molecule has 0 saturated heterocycles. The maximum atomic E-state index is 8.53. The van der Waals surface area contributed by atoms with Crippen LogP contribution in [0.15, 0.2) is 18.2 Å². The first kappa shape index (κ1) is 11.9. The van der Waals surface area contributed by atoms with Gasteiger partial charge in [-0.25, -0.2) is 0 Å². The molecule has 0 aliphatic carbocycles. The van der Waals surface area contributed by atoms with Crippen LogP contribution in [0.2, 0.25) is 5.02 Å². The SMILES string of the molecule is CCCCOc1ccc(CC#N)cc1Cl. The smallest absolute Gasteiger partial charge is 0.137 e. The molecule has 3 heteroatoms. The van der Waals surface area contributed by atoms with Gasteiger partial charge in [0.2, 0.25) is 0 Å². The molecule has 80 valence electrons. The second kappa shape index (κ2) is 6.31. The van der Waals surface area contributed by atoms with Gasteiger partial charge in [-0.1, -0.05) is 31.0 Å². The van der Waals surface area contributed by atoms with E-state index < -0.39 is 0 Å². The van der Waals surface area contributed by atoms with Crippen molar-refractivity contribution in [1.82, 2.24) is 0 Å². The molecule has 1 rings (SSSR count). The fourth-order valence-electron chi connectivity index (χ4n) is 1.19. The van der Waals surface area contributed by atoms with Gasteiger partial charge in [0, 0.05) is 0 Å². The van der Waals surface area contributed by atoms with E-state index in [0.29, 0.717) is 23.8 Å². The van der Waals surface area contributed by atoms with Gasteiger partial charge in [0.15, 0.2) is 0 Å². The lowest BCUT2D eigenvalue weighted by Gasteiger charge is -2.07. The van der Waals surface area contributed by atoms with Gasteiger partial charge in [-0.05, 0) is 24.1 Å². The van der Waals surface area contributed by atoms with Crippen LogP contribution >= 0.6 is 11.6 Å². The molecule has 15 heavy (non-hydrogen) atoms. The van der Waals surface area contributed by atoms with Crippen LogP contribution in [0.1, 0.15) is 25.3 Å². The van der Waals surface area contributed by atoms with Crippen molar-refractivity contribution in [2.45, 2.75) is 26.2 Å². The summed E-state index contributed by atoms with van der Waals surface area (Å²) in [5.74, 6) is 0.701. The lowest BCUT2D eigenvalue weighted by Crippen LogP contribution is -1.97. The molecule has 0 amide bonds. The Balaban J connectivity index is 2.63. The Bertz CT molecular complexity index is 357. The molecule has 0 atom stereocenters. The molecule has 0 fully saturated rings. The molecule has 0 aliphatic rings. The van der Waals surface area contributed by atoms with E-state index in [1.807, 2.05) is 12.1 Å². The zero-order chi connectivity index (χ0) is 11.1. The lowest BCUT2D eigenvalue weighted by molar-refractivity contribution is 0.309. The van der Waals surface area contributed by atoms with Gasteiger partial charge in [-0.3, -0.25) is 0 Å². The topological polar surface area (TPSA) is 33.0 Å². The molecular formula is C12H14ClNO. The Hall–Kier alpha value is -1.20. The monoisotopic (exact) mass is 223 g/mol. The predicted octanol–water partition coefficient (Wildman–Crippen LogP) is 3.58. The highest BCUT2D eigenvalue weighted by Crippen LogP contribution is 2.25. The van der Waals surface area contributed by atoms with Crippen molar-refractivity contribution in [2.75, 3.05) is 6.61 Å². The van der Waals surface area contributed by atoms with Crippen LogP contribution in [0, 0.1) is 11.3 Å². The highest BCUT2D eigenvalue weighted by atomic mass is 35.5. The van der Waals surface area contributed by atoms with Gasteiger partial charge in [0.05, 0.1) is 24.1 Å². The third-order valence-electron chi connectivity index (χ3n) is 2.03. The fourth-order valence-corrected chi connectivity index (χ4v) is 1.45. The van der Waals surface area contributed by atoms with Gasteiger partial charge >= 0.3 is 0 Å². The Labute approximate surface area is 95.4 Å². The second-order valence-corrected chi connectivity index (χ2v) is 3.71. The third-order valence-corrected chi connectivity index (χ3v) is 2.33. The highest BCUT2D eigenvalue weighted by molar-refractivity contribution is 6.32. The summed E-state index contributed by atoms with van der Waals surface area (Å²) in [5.41, 5.74) is 0.922. The Kier molecular flexibility index (Phi) is 5.00. The minimum atomic E-state index is 0.384. The van der Waals surface area contributed by atoms with E-state index in [0.717, 1.165) is 18.4 Å². The summed E-state index contributed by atoms with van der Waals surface area (Å²) >= 11 is 6.01. The third kappa shape index (κ3) is 3.81. The molecule has 0 radical (unpaired) electrons. The summed E-state index contributed by atoms with van der Waals surface area (Å²) in [7, 11) is 0. The molecule has 1 aromatic carbocycles. The van der Waals surface area contributed by atoms with Gasteiger partial charge in [-0.15, -0.1) is 0 Å². The Morgan fingerprint density at radius 3 is 2.87 bits per heavy atom. The minimum absolute atomic E-state index is 0.384. The molecule has 0 bridgehead atoms. The van der Waals surface area contributed by atoms with Crippen molar-refractivity contribution < 1.29 is 4.74 Å². The number of ether oxygens (including phenoxy) is 1. The van der Waals surface area contributed by atoms with E-state index in [4.69, 9.17) is 21.6 Å². The van der Waals surface area contributed by atoms with Crippen LogP contribution in [0.4, 0.5) is 0 Å². The molecule has 0 aliphatic heterocycles. The van der Waals surface area contributed by atoms with E-state index in [1.54, 1.807) is 6.07 Å². The van der Waals surface area contributed by atoms with E-state index in [9.17, 15) is 0 Å². The number of nitrogens with zero attached hydrogens (tertiary/aromatic N) is 1. The largest absolute Gasteiger partial charge is 0.492 e. The fraction of sp³-hybridized carbons (Fsp3) is 0.417. The molecule has 0 heterocycles. The van der Waals surface area contributed by atoms with Crippen LogP contribution in [0.25, 0.3) is 0 Å². The van der Waals surface area contributed by atoms with Crippen molar-refractivity contribution in [1.29, 1.82) is 5.26 Å². The summed E-state index contributed by atoms with van der Waals surface area (Å²) in [6.07, 6.45) is 2.51. The second-order valence-electron chi connectivity index (χ2n) is 3.30. The van der Waals surface area contributed by atoms with Gasteiger partial charge in [0.1, 0.15) is 5.75 Å². The first-order valence-corrected chi connectivity index (χ1v) is 5.44. The van der Waals surface area contributed by atoms with E-state index >= 15 is 0 Å². The van der Waals surface area contributed by atoms with Crippen LogP contribution < -0.4 is 4.74 Å². The van der Waals surface area contributed by atoms with E-state index in [-0.39, 0.29) is 0 Å². The summed E-state index contributed by atoms with van der Waals surface area (Å²) in [6.45, 7) is 2.80. The molecule has 0 aromatic heterocycles. The zero-order valence-corrected chi connectivity index (χ0v) is 9.55. The van der Waals surface area contributed by atoms with Gasteiger partial charge in [-0.2, -0.15) is 5.26 Å². The Morgan fingerprint density at radius 2 is 2.27 bits per heavy atom. The molecule has 0 N–H and O–H groups in total. The molecule has 1 aromatic rings. The lowest BCUT2D eigenvalue weighted by atomic mass is 10.1. The number of nitriles is 1. The average Bonchev–Trinajstić information content (AvgIpc) is 2.22. The molecule has 2 nitrogen and oxygen atoms in total. The molecule has 0 spiro atoms. The van der Waals surface area contributed by atoms with Crippen molar-refractivity contribution in [3.63, 3.8) is 0 Å². The number of rotatable bonds is 5. The first-order chi connectivity index (χ1) is 7.27. The number of hydrogen-bond donors (Lipinski definition) is 0. The Morgan fingerprint density at radius 1 is 1.47 bits per heavy atom. The van der Waals surface area contributed by atoms with Crippen LogP contribution in [-0.2, 0) is 6.42 Å². The van der Waals surface area contributed by atoms with Crippen molar-refractivity contribution in [3.05, 3.63) is 28.8 Å². The van der Waals surface area contributed by atoms with Gasteiger partial charge < -0.3 is 4.74 Å². The first-order valence-electron chi connectivity index (χ1n) is 5.06. The summed E-state index contributed by atoms with van der Waals surface area (Å²) in [6, 6.07) is 7.56. The number of benzene rings is 1.